The van der Waals surface area contributed by atoms with Gasteiger partial charge in [0.05, 0.1) is 4.76 Å². The van der Waals surface area contributed by atoms with Crippen LogP contribution in [-0.4, -0.2) is 10.8 Å². The third-order valence-electron chi connectivity index (χ3n) is 1.20. The van der Waals surface area contributed by atoms with E-state index in [1.807, 2.05) is 19.1 Å². The molecule has 1 aliphatic heterocycles. The van der Waals surface area contributed by atoms with Crippen LogP contribution in [0.15, 0.2) is 22.8 Å². The molecule has 0 aromatic rings. The largest absolute Gasteiger partial charge is 0.298 e. The van der Waals surface area contributed by atoms with Crippen molar-refractivity contribution in [3.63, 3.8) is 0 Å². The topological polar surface area (TPSA) is 20.1 Å². The fourth-order valence-electron chi connectivity index (χ4n) is 0.642. The third-order valence-corrected chi connectivity index (χ3v) is 1.82. The molecule has 0 radical (unpaired) electrons. The summed E-state index contributed by atoms with van der Waals surface area (Å²) >= 11 is 3.12. The number of hydrogen-bond donors (Lipinski definition) is 0. The van der Waals surface area contributed by atoms with Gasteiger partial charge in [0.1, 0.15) is 0 Å². The molecule has 0 saturated heterocycles. The monoisotopic (exact) mass is 188 g/mol. The molecule has 1 aliphatic rings. The van der Waals surface area contributed by atoms with E-state index in [2.05, 4.69) is 15.9 Å². The number of hydrogen-bond acceptors (Lipinski definition) is 1. The van der Waals surface area contributed by atoms with Crippen molar-refractivity contribution < 1.29 is 4.76 Å². The first-order chi connectivity index (χ1) is 4.22. The van der Waals surface area contributed by atoms with E-state index in [4.69, 9.17) is 0 Å². The fraction of sp³-hybridized carbons (Fsp3) is 0.333. The highest BCUT2D eigenvalue weighted by Crippen LogP contribution is 2.14. The summed E-state index contributed by atoms with van der Waals surface area (Å²) in [6, 6.07) is -0.0376. The van der Waals surface area contributed by atoms with E-state index in [1.54, 1.807) is 6.08 Å². The van der Waals surface area contributed by atoms with Crippen molar-refractivity contribution in [2.45, 2.75) is 13.0 Å². The van der Waals surface area contributed by atoms with Gasteiger partial charge in [-0.3, -0.25) is 0 Å². The van der Waals surface area contributed by atoms with Gasteiger partial charge in [0.15, 0.2) is 0 Å². The molecule has 0 aromatic heterocycles. The maximum Gasteiger partial charge on any atom is 0.298 e. The van der Waals surface area contributed by atoms with Crippen LogP contribution in [0.1, 0.15) is 6.92 Å². The minimum absolute atomic E-state index is 0.0376. The molecule has 0 spiro atoms. The maximum atomic E-state index is 10.9. The van der Waals surface area contributed by atoms with Crippen molar-refractivity contribution in [2.24, 2.45) is 0 Å². The number of rotatable bonds is 0. The van der Waals surface area contributed by atoms with Gasteiger partial charge in [-0.05, 0) is 6.08 Å². The zero-order valence-corrected chi connectivity index (χ0v) is 6.63. The fourth-order valence-corrected chi connectivity index (χ4v) is 1.12. The molecular weight excluding hydrogens is 182 g/mol. The van der Waals surface area contributed by atoms with Gasteiger partial charge in [-0.2, -0.15) is 0 Å². The normalized spacial score (nSPS) is 26.2. The van der Waals surface area contributed by atoms with Gasteiger partial charge in [0.25, 0.3) is 4.61 Å². The Labute approximate surface area is 62.0 Å². The molecule has 1 atom stereocenters. The SMILES string of the molecule is CC1C=CC=C(Br)[N+]1=O. The van der Waals surface area contributed by atoms with Crippen LogP contribution in [0.2, 0.25) is 0 Å². The van der Waals surface area contributed by atoms with Gasteiger partial charge < -0.3 is 0 Å². The quantitative estimate of drug-likeness (QED) is 0.421. The molecule has 1 heterocycles. The lowest BCUT2D eigenvalue weighted by molar-refractivity contribution is -0.511. The Morgan fingerprint density at radius 3 is 2.89 bits per heavy atom. The zero-order valence-electron chi connectivity index (χ0n) is 5.04. The summed E-state index contributed by atoms with van der Waals surface area (Å²) in [5, 5.41) is 0. The third kappa shape index (κ3) is 1.27. The van der Waals surface area contributed by atoms with Crippen LogP contribution < -0.4 is 0 Å². The standard InChI is InChI=1S/C6H7BrNO/c1-5-3-2-4-6(7)8(5)9/h2-5H,1H3/q+1. The first kappa shape index (κ1) is 6.68. The van der Waals surface area contributed by atoms with Crippen molar-refractivity contribution in [3.05, 3.63) is 27.7 Å². The molecule has 0 aliphatic carbocycles. The highest BCUT2D eigenvalue weighted by Gasteiger charge is 2.22. The van der Waals surface area contributed by atoms with Crippen molar-refractivity contribution >= 4 is 15.9 Å². The molecule has 0 amide bonds. The minimum atomic E-state index is -0.0376. The molecule has 1 unspecified atom stereocenters. The number of nitroso groups, excluding NO2 is 1. The van der Waals surface area contributed by atoms with Crippen LogP contribution in [0, 0.1) is 4.91 Å². The molecular formula is C6H7BrNO+. The van der Waals surface area contributed by atoms with Crippen LogP contribution in [0.4, 0.5) is 0 Å². The summed E-state index contributed by atoms with van der Waals surface area (Å²) < 4.78 is 1.51. The Hall–Kier alpha value is -0.440. The lowest BCUT2D eigenvalue weighted by atomic mass is 10.2. The number of allylic oxidation sites excluding steroid dienone is 2. The summed E-state index contributed by atoms with van der Waals surface area (Å²) in [5.41, 5.74) is 0. The zero-order chi connectivity index (χ0) is 6.85. The first-order valence-corrected chi connectivity index (χ1v) is 3.51. The van der Waals surface area contributed by atoms with Crippen LogP contribution in [0.25, 0.3) is 0 Å². The number of halogens is 1. The molecule has 9 heavy (non-hydrogen) atoms. The lowest BCUT2D eigenvalue weighted by Crippen LogP contribution is -2.17. The second-order valence-corrected chi connectivity index (χ2v) is 2.75. The van der Waals surface area contributed by atoms with Gasteiger partial charge in [0, 0.05) is 33.8 Å². The second kappa shape index (κ2) is 2.43. The van der Waals surface area contributed by atoms with Gasteiger partial charge >= 0.3 is 0 Å². The average molecular weight is 189 g/mol. The van der Waals surface area contributed by atoms with Crippen molar-refractivity contribution in [2.75, 3.05) is 0 Å². The van der Waals surface area contributed by atoms with Crippen molar-refractivity contribution in [1.82, 2.24) is 0 Å². The molecule has 48 valence electrons. The predicted octanol–water partition coefficient (Wildman–Crippen LogP) is 1.96. The first-order valence-electron chi connectivity index (χ1n) is 2.72. The average Bonchev–Trinajstić information content (AvgIpc) is 1.83. The Kier molecular flexibility index (Phi) is 1.81. The van der Waals surface area contributed by atoms with Crippen LogP contribution in [0.5, 0.6) is 0 Å². The second-order valence-electron chi connectivity index (χ2n) is 1.94. The van der Waals surface area contributed by atoms with Crippen LogP contribution in [0.3, 0.4) is 0 Å². The summed E-state index contributed by atoms with van der Waals surface area (Å²) in [6.45, 7) is 1.84. The summed E-state index contributed by atoms with van der Waals surface area (Å²) in [5.74, 6) is 0. The summed E-state index contributed by atoms with van der Waals surface area (Å²) in [4.78, 5) is 10.9. The molecule has 0 N–H and O–H groups in total. The Morgan fingerprint density at radius 1 is 1.78 bits per heavy atom. The van der Waals surface area contributed by atoms with Crippen LogP contribution >= 0.6 is 15.9 Å². The van der Waals surface area contributed by atoms with Crippen LogP contribution in [-0.2, 0) is 0 Å². The van der Waals surface area contributed by atoms with Crippen molar-refractivity contribution in [3.8, 4) is 0 Å². The summed E-state index contributed by atoms with van der Waals surface area (Å²) in [6.07, 6.45) is 5.44. The lowest BCUT2D eigenvalue weighted by Gasteiger charge is -1.98. The van der Waals surface area contributed by atoms with E-state index in [1.165, 1.54) is 0 Å². The van der Waals surface area contributed by atoms with Crippen molar-refractivity contribution in [1.29, 1.82) is 0 Å². The molecule has 0 fully saturated rings. The van der Waals surface area contributed by atoms with E-state index >= 15 is 0 Å². The molecule has 1 rings (SSSR count). The van der Waals surface area contributed by atoms with E-state index in [0.29, 0.717) is 4.61 Å². The predicted molar refractivity (Wildman–Crippen MR) is 39.2 cm³/mol. The minimum Gasteiger partial charge on any atom is -0.0522 e. The Morgan fingerprint density at radius 2 is 2.44 bits per heavy atom. The van der Waals surface area contributed by atoms with Gasteiger partial charge in [-0.15, -0.1) is 0 Å². The highest BCUT2D eigenvalue weighted by atomic mass is 79.9. The Balaban J connectivity index is 2.86. The van der Waals surface area contributed by atoms with E-state index < -0.39 is 0 Å². The number of nitrogens with zero attached hydrogens (tertiary/aromatic N) is 1. The molecule has 0 bridgehead atoms. The van der Waals surface area contributed by atoms with Gasteiger partial charge in [-0.25, -0.2) is 0 Å². The maximum absolute atomic E-state index is 10.9. The van der Waals surface area contributed by atoms with E-state index in [0.717, 1.165) is 4.76 Å². The molecule has 0 aromatic carbocycles. The smallest absolute Gasteiger partial charge is 0.0522 e. The molecule has 3 heteroatoms. The summed E-state index contributed by atoms with van der Waals surface area (Å²) in [7, 11) is 0. The Bertz CT molecular complexity index is 195. The molecule has 2 nitrogen and oxygen atoms in total. The highest BCUT2D eigenvalue weighted by molar-refractivity contribution is 9.11. The molecule has 0 saturated carbocycles. The van der Waals surface area contributed by atoms with Gasteiger partial charge in [-0.1, -0.05) is 6.08 Å². The van der Waals surface area contributed by atoms with E-state index in [9.17, 15) is 4.91 Å². The van der Waals surface area contributed by atoms with E-state index in [-0.39, 0.29) is 6.04 Å². The van der Waals surface area contributed by atoms with Gasteiger partial charge in [0.2, 0.25) is 6.04 Å².